The van der Waals surface area contributed by atoms with Gasteiger partial charge in [0.05, 0.1) is 13.2 Å². The highest BCUT2D eigenvalue weighted by atomic mass is 32.1. The van der Waals surface area contributed by atoms with Crippen LogP contribution >= 0.6 is 11.3 Å². The molecule has 1 aromatic heterocycles. The van der Waals surface area contributed by atoms with Gasteiger partial charge in [-0.25, -0.2) is 0 Å². The van der Waals surface area contributed by atoms with Crippen LogP contribution in [0.15, 0.2) is 35.7 Å². The number of methoxy groups -OCH3 is 1. The van der Waals surface area contributed by atoms with Gasteiger partial charge in [-0.2, -0.15) is 0 Å². The van der Waals surface area contributed by atoms with Gasteiger partial charge in [-0.3, -0.25) is 9.59 Å². The molecule has 2 aromatic rings. The second kappa shape index (κ2) is 9.08. The summed E-state index contributed by atoms with van der Waals surface area (Å²) in [4.78, 5) is 30.2. The summed E-state index contributed by atoms with van der Waals surface area (Å²) in [5, 5.41) is 2.06. The zero-order valence-electron chi connectivity index (χ0n) is 18.3. The van der Waals surface area contributed by atoms with Crippen LogP contribution in [0.2, 0.25) is 0 Å². The fraction of sp³-hybridized carbons (Fsp3) is 0.478. The van der Waals surface area contributed by atoms with Gasteiger partial charge in [0.2, 0.25) is 11.8 Å². The molecule has 0 saturated carbocycles. The van der Waals surface area contributed by atoms with Crippen molar-refractivity contribution in [1.29, 1.82) is 0 Å². The second-order valence-corrected chi connectivity index (χ2v) is 9.39. The highest BCUT2D eigenvalue weighted by Crippen LogP contribution is 2.35. The summed E-state index contributed by atoms with van der Waals surface area (Å²) >= 11 is 1.71. The Balaban J connectivity index is 1.82. The van der Waals surface area contributed by atoms with Crippen molar-refractivity contribution >= 4 is 23.2 Å². The summed E-state index contributed by atoms with van der Waals surface area (Å²) in [6.45, 7) is 8.33. The fourth-order valence-electron chi connectivity index (χ4n) is 3.83. The highest BCUT2D eigenvalue weighted by molar-refractivity contribution is 7.10. The number of para-hydroxylation sites is 2. The number of hydrogen-bond acceptors (Lipinski definition) is 5. The average molecular weight is 431 g/mol. The van der Waals surface area contributed by atoms with E-state index in [1.807, 2.05) is 49.9 Å². The normalized spacial score (nSPS) is 16.0. The number of benzene rings is 1. The second-order valence-electron chi connectivity index (χ2n) is 8.39. The van der Waals surface area contributed by atoms with Crippen LogP contribution < -0.4 is 9.47 Å². The molecule has 2 heterocycles. The summed E-state index contributed by atoms with van der Waals surface area (Å²) < 4.78 is 11.5. The van der Waals surface area contributed by atoms with E-state index in [9.17, 15) is 9.59 Å². The van der Waals surface area contributed by atoms with E-state index in [2.05, 4.69) is 11.4 Å². The lowest BCUT2D eigenvalue weighted by molar-refractivity contribution is -0.145. The summed E-state index contributed by atoms with van der Waals surface area (Å²) in [6, 6.07) is 9.37. The average Bonchev–Trinajstić information content (AvgIpc) is 3.18. The van der Waals surface area contributed by atoms with E-state index >= 15 is 0 Å². The van der Waals surface area contributed by atoms with Crippen molar-refractivity contribution in [2.24, 2.45) is 0 Å². The van der Waals surface area contributed by atoms with Crippen molar-refractivity contribution in [3.05, 3.63) is 46.2 Å². The number of thiophene rings is 1. The van der Waals surface area contributed by atoms with Gasteiger partial charge in [-0.05, 0) is 56.3 Å². The van der Waals surface area contributed by atoms with E-state index in [1.165, 1.54) is 11.8 Å². The van der Waals surface area contributed by atoms with Gasteiger partial charge in [0.25, 0.3) is 0 Å². The number of ether oxygens (including phenoxy) is 2. The molecule has 1 aromatic carbocycles. The van der Waals surface area contributed by atoms with E-state index in [0.717, 1.165) is 12.0 Å². The topological polar surface area (TPSA) is 59.1 Å². The van der Waals surface area contributed by atoms with Crippen LogP contribution in [-0.4, -0.2) is 54.0 Å². The Morgan fingerprint density at radius 2 is 1.90 bits per heavy atom. The molecule has 0 radical (unpaired) electrons. The molecule has 1 aliphatic heterocycles. The van der Waals surface area contributed by atoms with Gasteiger partial charge in [0, 0.05) is 23.9 Å². The minimum atomic E-state index is -0.422. The van der Waals surface area contributed by atoms with Crippen molar-refractivity contribution in [1.82, 2.24) is 9.80 Å². The molecule has 0 N–H and O–H groups in total. The summed E-state index contributed by atoms with van der Waals surface area (Å²) in [5.74, 6) is 1.14. The summed E-state index contributed by atoms with van der Waals surface area (Å²) in [6.07, 6.45) is 0.819. The lowest BCUT2D eigenvalue weighted by Gasteiger charge is -2.40. The lowest BCUT2D eigenvalue weighted by atomic mass is 10.00. The van der Waals surface area contributed by atoms with Gasteiger partial charge in [-0.1, -0.05) is 12.1 Å². The Hall–Kier alpha value is -2.54. The molecule has 162 valence electrons. The Morgan fingerprint density at radius 3 is 2.53 bits per heavy atom. The number of amides is 2. The molecule has 0 aliphatic carbocycles. The molecule has 0 saturated heterocycles. The first-order chi connectivity index (χ1) is 14.2. The number of rotatable bonds is 6. The molecule has 1 aliphatic rings. The summed E-state index contributed by atoms with van der Waals surface area (Å²) in [7, 11) is 1.61. The molecular formula is C23H30N2O4S. The predicted octanol–water partition coefficient (Wildman–Crippen LogP) is 3.91. The van der Waals surface area contributed by atoms with Crippen molar-refractivity contribution in [2.45, 2.75) is 45.7 Å². The maximum Gasteiger partial charge on any atom is 0.242 e. The van der Waals surface area contributed by atoms with Crippen LogP contribution in [0.4, 0.5) is 0 Å². The Morgan fingerprint density at radius 1 is 1.20 bits per heavy atom. The molecule has 7 heteroatoms. The maximum atomic E-state index is 13.3. The van der Waals surface area contributed by atoms with Crippen LogP contribution in [0.5, 0.6) is 11.5 Å². The SMILES string of the molecule is COc1ccccc1OC[C@@H]1c2ccsc2CCN1C(=O)CN(C(C)=O)C(C)(C)C. The van der Waals surface area contributed by atoms with Gasteiger partial charge in [0.15, 0.2) is 11.5 Å². The van der Waals surface area contributed by atoms with E-state index in [0.29, 0.717) is 24.7 Å². The highest BCUT2D eigenvalue weighted by Gasteiger charge is 2.35. The third kappa shape index (κ3) is 4.78. The molecule has 3 rings (SSSR count). The number of hydrogen-bond donors (Lipinski definition) is 0. The standard InChI is InChI=1S/C23H30N2O4S/c1-16(26)25(23(2,3)4)14-22(27)24-12-10-21-17(11-13-30-21)18(24)15-29-20-9-7-6-8-19(20)28-5/h6-9,11,13,18H,10,12,14-15H2,1-5H3/t18-/m1/s1. The van der Waals surface area contributed by atoms with E-state index in [4.69, 9.17) is 9.47 Å². The minimum Gasteiger partial charge on any atom is -0.493 e. The maximum absolute atomic E-state index is 13.3. The molecule has 2 amide bonds. The number of nitrogens with zero attached hydrogens (tertiary/aromatic N) is 2. The Bertz CT molecular complexity index is 903. The van der Waals surface area contributed by atoms with Crippen LogP contribution in [0, 0.1) is 0 Å². The molecule has 0 fully saturated rings. The van der Waals surface area contributed by atoms with E-state index < -0.39 is 5.54 Å². The van der Waals surface area contributed by atoms with Crippen molar-refractivity contribution in [3.63, 3.8) is 0 Å². The first-order valence-electron chi connectivity index (χ1n) is 10.1. The van der Waals surface area contributed by atoms with Gasteiger partial charge < -0.3 is 19.3 Å². The molecule has 1 atom stereocenters. The third-order valence-electron chi connectivity index (χ3n) is 5.36. The van der Waals surface area contributed by atoms with Crippen molar-refractivity contribution < 1.29 is 19.1 Å². The summed E-state index contributed by atoms with van der Waals surface area (Å²) in [5.41, 5.74) is 0.702. The first-order valence-corrected chi connectivity index (χ1v) is 11.0. The zero-order chi connectivity index (χ0) is 21.9. The number of carbonyl (C=O) groups is 2. The van der Waals surface area contributed by atoms with Crippen molar-refractivity contribution in [3.8, 4) is 11.5 Å². The smallest absolute Gasteiger partial charge is 0.242 e. The predicted molar refractivity (Wildman–Crippen MR) is 118 cm³/mol. The quantitative estimate of drug-likeness (QED) is 0.697. The molecule has 0 unspecified atom stereocenters. The largest absolute Gasteiger partial charge is 0.493 e. The van der Waals surface area contributed by atoms with E-state index in [1.54, 1.807) is 23.3 Å². The Kier molecular flexibility index (Phi) is 6.71. The van der Waals surface area contributed by atoms with Crippen LogP contribution in [0.3, 0.4) is 0 Å². The zero-order valence-corrected chi connectivity index (χ0v) is 19.1. The van der Waals surface area contributed by atoms with Crippen LogP contribution in [0.1, 0.15) is 44.2 Å². The van der Waals surface area contributed by atoms with Gasteiger partial charge in [0.1, 0.15) is 13.2 Å². The first kappa shape index (κ1) is 22.2. The van der Waals surface area contributed by atoms with Crippen molar-refractivity contribution in [2.75, 3.05) is 26.8 Å². The number of fused-ring (bicyclic) bond motifs is 1. The Labute approximate surface area is 182 Å². The molecule has 0 bridgehead atoms. The lowest BCUT2D eigenvalue weighted by Crippen LogP contribution is -2.52. The number of carbonyl (C=O) groups excluding carboxylic acids is 2. The molecular weight excluding hydrogens is 400 g/mol. The minimum absolute atomic E-state index is 0.0590. The third-order valence-corrected chi connectivity index (χ3v) is 6.36. The van der Waals surface area contributed by atoms with E-state index in [-0.39, 0.29) is 24.4 Å². The van der Waals surface area contributed by atoms with Crippen LogP contribution in [-0.2, 0) is 16.0 Å². The monoisotopic (exact) mass is 430 g/mol. The molecule has 30 heavy (non-hydrogen) atoms. The van der Waals surface area contributed by atoms with Gasteiger partial charge in [-0.15, -0.1) is 11.3 Å². The van der Waals surface area contributed by atoms with Crippen LogP contribution in [0.25, 0.3) is 0 Å². The fourth-order valence-corrected chi connectivity index (χ4v) is 4.76. The van der Waals surface area contributed by atoms with Gasteiger partial charge >= 0.3 is 0 Å². The molecule has 6 nitrogen and oxygen atoms in total. The molecule has 0 spiro atoms.